The van der Waals surface area contributed by atoms with Gasteiger partial charge in [0.25, 0.3) is 0 Å². The van der Waals surface area contributed by atoms with Gasteiger partial charge in [0, 0.05) is 28.9 Å². The van der Waals surface area contributed by atoms with Crippen molar-refractivity contribution < 1.29 is 0 Å². The van der Waals surface area contributed by atoms with Crippen molar-refractivity contribution in [3.8, 4) is 16.9 Å². The van der Waals surface area contributed by atoms with Crippen molar-refractivity contribution in [1.82, 2.24) is 20.5 Å². The minimum atomic E-state index is 0.426. The summed E-state index contributed by atoms with van der Waals surface area (Å²) in [7, 11) is 0. The number of aromatic nitrogens is 2. The van der Waals surface area contributed by atoms with E-state index in [0.717, 1.165) is 22.5 Å². The molecule has 1 heterocycles. The summed E-state index contributed by atoms with van der Waals surface area (Å²) in [5.41, 5.74) is 6.34. The Kier molecular flexibility index (Phi) is 6.35. The lowest BCUT2D eigenvalue weighted by Gasteiger charge is -2.03. The first-order valence-corrected chi connectivity index (χ1v) is 9.05. The first-order chi connectivity index (χ1) is 13.2. The maximum absolute atomic E-state index is 6.01. The second-order valence-corrected chi connectivity index (χ2v) is 6.43. The summed E-state index contributed by atoms with van der Waals surface area (Å²) in [6.07, 6.45) is 5.34. The molecular formula is C20H18ClN5S. The summed E-state index contributed by atoms with van der Waals surface area (Å²) < 4.78 is 1.82. The molecule has 0 saturated carbocycles. The van der Waals surface area contributed by atoms with E-state index < -0.39 is 0 Å². The SMILES string of the molecule is C=CCNC(=S)NN=Cc1cn(-c2ccccc2)nc1-c1ccc(Cl)cc1. The highest BCUT2D eigenvalue weighted by atomic mass is 35.5. The van der Waals surface area contributed by atoms with Crippen LogP contribution in [0.2, 0.25) is 5.02 Å². The van der Waals surface area contributed by atoms with E-state index in [1.807, 2.05) is 65.5 Å². The molecule has 0 aliphatic carbocycles. The van der Waals surface area contributed by atoms with Gasteiger partial charge in [0.1, 0.15) is 5.69 Å². The smallest absolute Gasteiger partial charge is 0.187 e. The molecule has 0 unspecified atom stereocenters. The van der Waals surface area contributed by atoms with Crippen LogP contribution in [0.25, 0.3) is 16.9 Å². The number of benzene rings is 2. The third kappa shape index (κ3) is 5.03. The van der Waals surface area contributed by atoms with Crippen molar-refractivity contribution >= 4 is 35.1 Å². The molecule has 0 radical (unpaired) electrons. The third-order valence-corrected chi connectivity index (χ3v) is 4.15. The monoisotopic (exact) mass is 395 g/mol. The summed E-state index contributed by atoms with van der Waals surface area (Å²) in [5.74, 6) is 0. The van der Waals surface area contributed by atoms with Crippen LogP contribution in [-0.4, -0.2) is 27.7 Å². The van der Waals surface area contributed by atoms with Gasteiger partial charge < -0.3 is 5.32 Å². The predicted molar refractivity (Wildman–Crippen MR) is 116 cm³/mol. The number of nitrogens with one attached hydrogen (secondary N) is 2. The molecule has 0 saturated heterocycles. The van der Waals surface area contributed by atoms with Gasteiger partial charge in [0.2, 0.25) is 0 Å². The summed E-state index contributed by atoms with van der Waals surface area (Å²) in [6, 6.07) is 17.4. The number of hydrazone groups is 1. The number of hydrogen-bond acceptors (Lipinski definition) is 3. The average molecular weight is 396 g/mol. The van der Waals surface area contributed by atoms with Gasteiger partial charge in [-0.25, -0.2) is 4.68 Å². The van der Waals surface area contributed by atoms with Crippen LogP contribution in [0, 0.1) is 0 Å². The molecule has 0 fully saturated rings. The van der Waals surface area contributed by atoms with Crippen molar-refractivity contribution in [2.75, 3.05) is 6.54 Å². The van der Waals surface area contributed by atoms with Crippen LogP contribution in [0.4, 0.5) is 0 Å². The maximum Gasteiger partial charge on any atom is 0.187 e. The standard InChI is InChI=1S/C20H18ClN5S/c1-2-12-22-20(27)24-23-13-16-14-26(18-6-4-3-5-7-18)25-19(16)15-8-10-17(21)11-9-15/h2-11,13-14H,1,12H2,(H2,22,24,27). The van der Waals surface area contributed by atoms with Gasteiger partial charge in [-0.15, -0.1) is 6.58 Å². The molecule has 5 nitrogen and oxygen atoms in total. The fourth-order valence-electron chi connectivity index (χ4n) is 2.39. The molecule has 0 aliphatic heterocycles. The minimum absolute atomic E-state index is 0.426. The Morgan fingerprint density at radius 3 is 2.63 bits per heavy atom. The molecule has 2 N–H and O–H groups in total. The molecule has 3 rings (SSSR count). The summed E-state index contributed by atoms with van der Waals surface area (Å²) in [4.78, 5) is 0. The fourth-order valence-corrected chi connectivity index (χ4v) is 2.65. The van der Waals surface area contributed by atoms with Gasteiger partial charge in [-0.3, -0.25) is 5.43 Å². The van der Waals surface area contributed by atoms with Crippen LogP contribution in [0.3, 0.4) is 0 Å². The number of rotatable bonds is 6. The highest BCUT2D eigenvalue weighted by Crippen LogP contribution is 2.24. The first-order valence-electron chi connectivity index (χ1n) is 8.26. The van der Waals surface area contributed by atoms with Gasteiger partial charge in [-0.1, -0.05) is 48.0 Å². The highest BCUT2D eigenvalue weighted by molar-refractivity contribution is 7.80. The van der Waals surface area contributed by atoms with E-state index in [4.69, 9.17) is 28.9 Å². The molecule has 2 aromatic carbocycles. The topological polar surface area (TPSA) is 54.2 Å². The number of hydrogen-bond donors (Lipinski definition) is 2. The van der Waals surface area contributed by atoms with E-state index in [2.05, 4.69) is 22.4 Å². The molecule has 27 heavy (non-hydrogen) atoms. The molecule has 0 aliphatic rings. The quantitative estimate of drug-likeness (QED) is 0.284. The largest absolute Gasteiger partial charge is 0.358 e. The zero-order chi connectivity index (χ0) is 19.1. The van der Waals surface area contributed by atoms with Gasteiger partial charge >= 0.3 is 0 Å². The summed E-state index contributed by atoms with van der Waals surface area (Å²) in [6.45, 7) is 4.21. The van der Waals surface area contributed by atoms with Gasteiger partial charge in [0.05, 0.1) is 11.9 Å². The zero-order valence-electron chi connectivity index (χ0n) is 14.5. The molecule has 0 amide bonds. The minimum Gasteiger partial charge on any atom is -0.358 e. The predicted octanol–water partition coefficient (Wildman–Crippen LogP) is 4.18. The first kappa shape index (κ1) is 18.8. The van der Waals surface area contributed by atoms with E-state index in [9.17, 15) is 0 Å². The Hall–Kier alpha value is -2.96. The van der Waals surface area contributed by atoms with E-state index in [1.54, 1.807) is 12.3 Å². The van der Waals surface area contributed by atoms with E-state index >= 15 is 0 Å². The van der Waals surface area contributed by atoms with Crippen molar-refractivity contribution in [3.63, 3.8) is 0 Å². The lowest BCUT2D eigenvalue weighted by Crippen LogP contribution is -2.31. The van der Waals surface area contributed by atoms with Crippen LogP contribution in [0.15, 0.2) is 78.6 Å². The normalized spacial score (nSPS) is 10.7. The molecule has 0 bridgehead atoms. The highest BCUT2D eigenvalue weighted by Gasteiger charge is 2.11. The van der Waals surface area contributed by atoms with Gasteiger partial charge in [-0.2, -0.15) is 10.2 Å². The Bertz CT molecular complexity index is 948. The van der Waals surface area contributed by atoms with Gasteiger partial charge in [0.15, 0.2) is 5.11 Å². The number of thiocarbonyl (C=S) groups is 1. The molecule has 7 heteroatoms. The molecule has 1 aromatic heterocycles. The number of nitrogens with zero attached hydrogens (tertiary/aromatic N) is 3. The fraction of sp³-hybridized carbons (Fsp3) is 0.0500. The van der Waals surface area contributed by atoms with Crippen LogP contribution < -0.4 is 10.7 Å². The Morgan fingerprint density at radius 1 is 1.19 bits per heavy atom. The number of halogens is 1. The summed E-state index contributed by atoms with van der Waals surface area (Å²) >= 11 is 11.1. The summed E-state index contributed by atoms with van der Waals surface area (Å²) in [5, 5.41) is 13.0. The molecule has 0 atom stereocenters. The van der Waals surface area contributed by atoms with Crippen LogP contribution in [-0.2, 0) is 0 Å². The Labute approximate surface area is 168 Å². The molecule has 136 valence electrons. The van der Waals surface area contributed by atoms with Gasteiger partial charge in [-0.05, 0) is 36.5 Å². The van der Waals surface area contributed by atoms with E-state index in [-0.39, 0.29) is 0 Å². The van der Waals surface area contributed by atoms with Crippen molar-refractivity contribution in [2.24, 2.45) is 5.10 Å². The van der Waals surface area contributed by atoms with Crippen LogP contribution in [0.5, 0.6) is 0 Å². The lowest BCUT2D eigenvalue weighted by atomic mass is 10.1. The van der Waals surface area contributed by atoms with Crippen LogP contribution >= 0.6 is 23.8 Å². The average Bonchev–Trinajstić information content (AvgIpc) is 3.12. The van der Waals surface area contributed by atoms with E-state index in [1.165, 1.54) is 0 Å². The molecule has 3 aromatic rings. The lowest BCUT2D eigenvalue weighted by molar-refractivity contribution is 0.884. The molecular weight excluding hydrogens is 378 g/mol. The van der Waals surface area contributed by atoms with E-state index in [0.29, 0.717) is 16.7 Å². The van der Waals surface area contributed by atoms with Crippen molar-refractivity contribution in [3.05, 3.63) is 84.0 Å². The second-order valence-electron chi connectivity index (χ2n) is 5.59. The Morgan fingerprint density at radius 2 is 1.93 bits per heavy atom. The molecule has 0 spiro atoms. The van der Waals surface area contributed by atoms with Crippen LogP contribution in [0.1, 0.15) is 5.56 Å². The maximum atomic E-state index is 6.01. The van der Waals surface area contributed by atoms with Crippen molar-refractivity contribution in [2.45, 2.75) is 0 Å². The second kappa shape index (κ2) is 9.12. The zero-order valence-corrected chi connectivity index (χ0v) is 16.0. The van der Waals surface area contributed by atoms with Crippen molar-refractivity contribution in [1.29, 1.82) is 0 Å². The Balaban J connectivity index is 1.90. The third-order valence-electron chi connectivity index (χ3n) is 3.66. The number of para-hydroxylation sites is 1.